The third-order valence-corrected chi connectivity index (χ3v) is 13.5. The molecule has 0 aliphatic heterocycles. The first kappa shape index (κ1) is 26.4. The van der Waals surface area contributed by atoms with Gasteiger partial charge in [-0.2, -0.15) is 0 Å². The fourth-order valence-corrected chi connectivity index (χ4v) is 11.9. The van der Waals surface area contributed by atoms with Crippen LogP contribution in [0.3, 0.4) is 0 Å². The second kappa shape index (κ2) is 12.9. The molecule has 0 aromatic heterocycles. The molecule has 29 heavy (non-hydrogen) atoms. The second-order valence-corrected chi connectivity index (χ2v) is 15.1. The molecule has 1 rings (SSSR count). The van der Waals surface area contributed by atoms with Gasteiger partial charge in [0.15, 0.2) is 0 Å². The number of hydrogen-bond acceptors (Lipinski definition) is 3. The van der Waals surface area contributed by atoms with E-state index < -0.39 is 24.6 Å². The van der Waals surface area contributed by atoms with Crippen LogP contribution in [0.2, 0.25) is 0 Å². The number of carboxylic acid groups (broad SMARTS) is 1. The molecule has 1 saturated carbocycles. The average molecular weight is 431 g/mol. The molecule has 172 valence electrons. The monoisotopic (exact) mass is 430 g/mol. The van der Waals surface area contributed by atoms with E-state index in [-0.39, 0.29) is 5.97 Å². The molecule has 0 radical (unpaired) electrons. The van der Waals surface area contributed by atoms with Crippen molar-refractivity contribution in [1.82, 2.24) is 0 Å². The Kier molecular flexibility index (Phi) is 11.8. The molecular weight excluding hydrogens is 383 g/mol. The van der Waals surface area contributed by atoms with E-state index in [2.05, 4.69) is 27.7 Å². The van der Waals surface area contributed by atoms with E-state index in [1.54, 1.807) is 0 Å². The summed E-state index contributed by atoms with van der Waals surface area (Å²) in [5.41, 5.74) is 0. The first-order valence-corrected chi connectivity index (χ1v) is 15.2. The van der Waals surface area contributed by atoms with Crippen LogP contribution in [0.25, 0.3) is 0 Å². The molecular formula is C24H47O4P. The van der Waals surface area contributed by atoms with E-state index in [0.29, 0.717) is 12.8 Å². The summed E-state index contributed by atoms with van der Waals surface area (Å²) in [4.78, 5) is 25.3. The number of carboxylic acids is 1. The van der Waals surface area contributed by atoms with Crippen molar-refractivity contribution in [1.29, 1.82) is 0 Å². The van der Waals surface area contributed by atoms with Gasteiger partial charge in [0.2, 0.25) is 0 Å². The topological polar surface area (TPSA) is 63.6 Å². The number of carbonyl (C=O) groups excluding carboxylic acids is 1. The van der Waals surface area contributed by atoms with Gasteiger partial charge >= 0.3 is 179 Å². The maximum absolute atomic E-state index is 13.5. The Bertz CT molecular complexity index is 462. The van der Waals surface area contributed by atoms with Gasteiger partial charge in [0.1, 0.15) is 0 Å². The Morgan fingerprint density at radius 3 is 1.48 bits per heavy atom. The predicted octanol–water partition coefficient (Wildman–Crippen LogP) is 7.09. The van der Waals surface area contributed by atoms with Crippen LogP contribution in [0.1, 0.15) is 105 Å². The molecule has 2 unspecified atom stereocenters. The van der Waals surface area contributed by atoms with Crippen LogP contribution >= 0.6 is 6.83 Å². The molecule has 0 spiro atoms. The van der Waals surface area contributed by atoms with Crippen LogP contribution in [0, 0.1) is 11.8 Å². The van der Waals surface area contributed by atoms with Gasteiger partial charge in [-0.3, -0.25) is 0 Å². The van der Waals surface area contributed by atoms with Crippen molar-refractivity contribution >= 4 is 18.8 Å². The zero-order valence-electron chi connectivity index (χ0n) is 19.6. The van der Waals surface area contributed by atoms with Crippen LogP contribution in [0.4, 0.5) is 0 Å². The maximum atomic E-state index is 13.5. The van der Waals surface area contributed by atoms with Gasteiger partial charge < -0.3 is 0 Å². The van der Waals surface area contributed by atoms with Crippen LogP contribution in [0.5, 0.6) is 0 Å². The summed E-state index contributed by atoms with van der Waals surface area (Å²) >= 11 is 0. The average Bonchev–Trinajstić information content (AvgIpc) is 2.74. The van der Waals surface area contributed by atoms with Gasteiger partial charge in [0.05, 0.1) is 0 Å². The normalized spacial score (nSPS) is 21.3. The van der Waals surface area contributed by atoms with Crippen molar-refractivity contribution in [3.8, 4) is 0 Å². The Morgan fingerprint density at radius 1 is 0.759 bits per heavy atom. The molecule has 1 N–H and O–H groups in total. The zero-order chi connectivity index (χ0) is 21.8. The summed E-state index contributed by atoms with van der Waals surface area (Å²) in [6, 6.07) is 0. The molecule has 0 aromatic rings. The molecule has 2 atom stereocenters. The molecule has 0 bridgehead atoms. The Balaban J connectivity index is 3.28. The molecule has 1 fully saturated rings. The van der Waals surface area contributed by atoms with Gasteiger partial charge in [0.25, 0.3) is 0 Å². The van der Waals surface area contributed by atoms with Gasteiger partial charge in [-0.1, -0.05) is 0 Å². The Labute approximate surface area is 179 Å². The second-order valence-electron chi connectivity index (χ2n) is 9.41. The summed E-state index contributed by atoms with van der Waals surface area (Å²) in [5, 5.41) is 9.69. The van der Waals surface area contributed by atoms with Crippen LogP contribution < -0.4 is 0 Å². The van der Waals surface area contributed by atoms with Crippen molar-refractivity contribution < 1.29 is 19.2 Å². The van der Waals surface area contributed by atoms with E-state index in [1.807, 2.05) is 0 Å². The minimum atomic E-state index is -2.68. The van der Waals surface area contributed by atoms with Crippen molar-refractivity contribution in [3.05, 3.63) is 0 Å². The zero-order valence-corrected chi connectivity index (χ0v) is 20.5. The van der Waals surface area contributed by atoms with Gasteiger partial charge in [-0.15, -0.1) is 0 Å². The number of rotatable bonds is 15. The number of unbranched alkanes of at least 4 members (excludes halogenated alkanes) is 4. The van der Waals surface area contributed by atoms with Gasteiger partial charge in [-0.25, -0.2) is 0 Å². The molecule has 5 heteroatoms. The molecule has 1 aliphatic rings. The van der Waals surface area contributed by atoms with E-state index in [4.69, 9.17) is 4.52 Å². The molecule has 0 heterocycles. The van der Waals surface area contributed by atoms with E-state index in [1.165, 1.54) is 0 Å². The Hall–Kier alpha value is -0.630. The molecule has 1 aliphatic carbocycles. The quantitative estimate of drug-likeness (QED) is 0.282. The standard InChI is InChI=1S/C24H47O4P/c1-5-9-17-29(18-10-6-2,19-11-7-3,20-12-8-4)28-24(27)22-16-14-13-15-21(22)23(25)26/h21-22H,5-20H2,1-4H3,(H,25,26). The van der Waals surface area contributed by atoms with E-state index in [0.717, 1.165) is 88.9 Å². The third kappa shape index (κ3) is 7.53. The fourth-order valence-electron chi connectivity index (χ4n) is 5.12. The fraction of sp³-hybridized carbons (Fsp3) is 0.917. The molecule has 4 nitrogen and oxygen atoms in total. The van der Waals surface area contributed by atoms with E-state index in [9.17, 15) is 14.7 Å². The van der Waals surface area contributed by atoms with Crippen molar-refractivity contribution in [2.45, 2.75) is 105 Å². The van der Waals surface area contributed by atoms with Gasteiger partial charge in [0, 0.05) is 0 Å². The Morgan fingerprint density at radius 2 is 1.14 bits per heavy atom. The molecule has 0 amide bonds. The van der Waals surface area contributed by atoms with Crippen molar-refractivity contribution in [2.75, 3.05) is 24.6 Å². The summed E-state index contributed by atoms with van der Waals surface area (Å²) < 4.78 is 6.78. The summed E-state index contributed by atoms with van der Waals surface area (Å²) in [6.45, 7) is 6.18. The SMILES string of the molecule is CCCCP(CCCC)(CCCC)(CCCC)OC(=O)C1CCCCC1C(=O)O. The molecule has 0 saturated heterocycles. The molecule has 0 aromatic carbocycles. The first-order valence-electron chi connectivity index (χ1n) is 12.3. The number of carbonyl (C=O) groups is 2. The number of aliphatic carboxylic acids is 1. The van der Waals surface area contributed by atoms with Crippen LogP contribution in [0.15, 0.2) is 0 Å². The van der Waals surface area contributed by atoms with E-state index >= 15 is 0 Å². The van der Waals surface area contributed by atoms with Crippen LogP contribution in [-0.2, 0) is 14.1 Å². The third-order valence-electron chi connectivity index (χ3n) is 7.04. The first-order chi connectivity index (χ1) is 13.9. The van der Waals surface area contributed by atoms with Crippen LogP contribution in [-0.4, -0.2) is 41.7 Å². The summed E-state index contributed by atoms with van der Waals surface area (Å²) in [6.07, 6.45) is 16.2. The minimum absolute atomic E-state index is 0.172. The summed E-state index contributed by atoms with van der Waals surface area (Å²) in [7, 11) is 0. The van der Waals surface area contributed by atoms with Crippen molar-refractivity contribution in [2.24, 2.45) is 11.8 Å². The predicted molar refractivity (Wildman–Crippen MR) is 125 cm³/mol. The summed E-state index contributed by atoms with van der Waals surface area (Å²) in [5.74, 6) is -2.01. The number of hydrogen-bond donors (Lipinski definition) is 1. The van der Waals surface area contributed by atoms with Gasteiger partial charge in [-0.05, 0) is 0 Å². The van der Waals surface area contributed by atoms with Crippen molar-refractivity contribution in [3.63, 3.8) is 0 Å².